The first-order valence-corrected chi connectivity index (χ1v) is 8.66. The lowest BCUT2D eigenvalue weighted by molar-refractivity contribution is 0.0756. The first-order valence-electron chi connectivity index (χ1n) is 7.24. The molecule has 22 heavy (non-hydrogen) atoms. The molecule has 2 heterocycles. The molecule has 116 valence electrons. The van der Waals surface area contributed by atoms with Gasteiger partial charge in [-0.1, -0.05) is 35.0 Å². The standard InChI is InChI=1S/C16H17ClN2O2S/c1-11-10-14(18-21-11)16(20)19-7-6-15(22-9-8-19)12-4-2-3-5-13(12)17/h2-5,10,15H,6-9H2,1H3/t15-/m0/s1. The van der Waals surface area contributed by atoms with Gasteiger partial charge >= 0.3 is 0 Å². The van der Waals surface area contributed by atoms with Crippen molar-refractivity contribution in [3.63, 3.8) is 0 Å². The van der Waals surface area contributed by atoms with Crippen LogP contribution in [0.1, 0.15) is 33.5 Å². The molecule has 1 amide bonds. The molecule has 1 aliphatic rings. The Morgan fingerprint density at radius 2 is 2.23 bits per heavy atom. The number of aryl methyl sites for hydroxylation is 1. The number of rotatable bonds is 2. The minimum absolute atomic E-state index is 0.0581. The number of aromatic nitrogens is 1. The summed E-state index contributed by atoms with van der Waals surface area (Å²) in [6.45, 7) is 3.21. The predicted molar refractivity (Wildman–Crippen MR) is 88.4 cm³/mol. The summed E-state index contributed by atoms with van der Waals surface area (Å²) in [5, 5.41) is 4.94. The van der Waals surface area contributed by atoms with Crippen molar-refractivity contribution < 1.29 is 9.32 Å². The van der Waals surface area contributed by atoms with Crippen LogP contribution in [0.4, 0.5) is 0 Å². The van der Waals surface area contributed by atoms with Crippen LogP contribution in [0.2, 0.25) is 5.02 Å². The van der Waals surface area contributed by atoms with E-state index in [1.165, 1.54) is 0 Å². The van der Waals surface area contributed by atoms with Gasteiger partial charge in [0.25, 0.3) is 5.91 Å². The molecule has 0 N–H and O–H groups in total. The number of halogens is 1. The number of thioether (sulfide) groups is 1. The molecule has 0 radical (unpaired) electrons. The fourth-order valence-electron chi connectivity index (χ4n) is 2.59. The maximum absolute atomic E-state index is 12.4. The molecule has 1 aliphatic heterocycles. The molecule has 0 saturated carbocycles. The zero-order valence-corrected chi connectivity index (χ0v) is 13.9. The zero-order valence-electron chi connectivity index (χ0n) is 12.3. The summed E-state index contributed by atoms with van der Waals surface area (Å²) in [6, 6.07) is 9.62. The molecule has 1 saturated heterocycles. The highest BCUT2D eigenvalue weighted by molar-refractivity contribution is 7.99. The Labute approximate surface area is 138 Å². The second-order valence-corrected chi connectivity index (χ2v) is 7.00. The fraction of sp³-hybridized carbons (Fsp3) is 0.375. The van der Waals surface area contributed by atoms with Crippen molar-refractivity contribution in [3.8, 4) is 0 Å². The number of nitrogens with zero attached hydrogens (tertiary/aromatic N) is 2. The summed E-state index contributed by atoms with van der Waals surface area (Å²) in [6.07, 6.45) is 0.886. The SMILES string of the molecule is Cc1cc(C(=O)N2CCS[C@H](c3ccccc3Cl)CC2)no1. The molecular weight excluding hydrogens is 320 g/mol. The van der Waals surface area contributed by atoms with Gasteiger partial charge in [0, 0.05) is 35.2 Å². The van der Waals surface area contributed by atoms with Crippen molar-refractivity contribution in [1.82, 2.24) is 10.1 Å². The molecule has 3 rings (SSSR count). The van der Waals surface area contributed by atoms with Gasteiger partial charge in [-0.05, 0) is 25.0 Å². The van der Waals surface area contributed by atoms with E-state index in [1.807, 2.05) is 34.9 Å². The van der Waals surface area contributed by atoms with Crippen LogP contribution in [0.15, 0.2) is 34.9 Å². The largest absolute Gasteiger partial charge is 0.361 e. The Hall–Kier alpha value is -1.46. The molecule has 0 spiro atoms. The van der Waals surface area contributed by atoms with Gasteiger partial charge in [-0.2, -0.15) is 11.8 Å². The molecule has 0 bridgehead atoms. The molecule has 1 aromatic heterocycles. The van der Waals surface area contributed by atoms with Crippen LogP contribution in [0, 0.1) is 6.92 Å². The summed E-state index contributed by atoms with van der Waals surface area (Å²) in [5.41, 5.74) is 1.54. The molecular formula is C16H17ClN2O2S. The molecule has 1 atom stereocenters. The number of carbonyl (C=O) groups is 1. The van der Waals surface area contributed by atoms with Crippen LogP contribution < -0.4 is 0 Å². The van der Waals surface area contributed by atoms with E-state index in [1.54, 1.807) is 13.0 Å². The van der Waals surface area contributed by atoms with Crippen molar-refractivity contribution in [2.75, 3.05) is 18.8 Å². The first-order chi connectivity index (χ1) is 10.6. The van der Waals surface area contributed by atoms with Crippen LogP contribution in [0.5, 0.6) is 0 Å². The minimum atomic E-state index is -0.0581. The average molecular weight is 337 g/mol. The number of carbonyl (C=O) groups excluding carboxylic acids is 1. The minimum Gasteiger partial charge on any atom is -0.361 e. The van der Waals surface area contributed by atoms with E-state index in [0.717, 1.165) is 29.3 Å². The lowest BCUT2D eigenvalue weighted by atomic mass is 10.1. The van der Waals surface area contributed by atoms with Gasteiger partial charge in [0.05, 0.1) is 0 Å². The summed E-state index contributed by atoms with van der Waals surface area (Å²) in [7, 11) is 0. The van der Waals surface area contributed by atoms with E-state index in [4.69, 9.17) is 16.1 Å². The Bertz CT molecular complexity index is 674. The highest BCUT2D eigenvalue weighted by Gasteiger charge is 2.25. The first kappa shape index (κ1) is 15.4. The molecule has 0 unspecified atom stereocenters. The van der Waals surface area contributed by atoms with E-state index in [9.17, 15) is 4.79 Å². The number of hydrogen-bond acceptors (Lipinski definition) is 4. The van der Waals surface area contributed by atoms with Crippen molar-refractivity contribution >= 4 is 29.3 Å². The molecule has 0 aliphatic carbocycles. The Morgan fingerprint density at radius 3 is 2.95 bits per heavy atom. The second kappa shape index (κ2) is 6.75. The highest BCUT2D eigenvalue weighted by Crippen LogP contribution is 2.37. The zero-order chi connectivity index (χ0) is 15.5. The molecule has 6 heteroatoms. The van der Waals surface area contributed by atoms with Gasteiger partial charge in [-0.15, -0.1) is 0 Å². The molecule has 4 nitrogen and oxygen atoms in total. The molecule has 2 aromatic rings. The van der Waals surface area contributed by atoms with E-state index < -0.39 is 0 Å². The third-order valence-electron chi connectivity index (χ3n) is 3.73. The Balaban J connectivity index is 1.70. The highest BCUT2D eigenvalue weighted by atomic mass is 35.5. The van der Waals surface area contributed by atoms with Gasteiger partial charge in [0.15, 0.2) is 5.69 Å². The summed E-state index contributed by atoms with van der Waals surface area (Å²) in [4.78, 5) is 14.3. The van der Waals surface area contributed by atoms with Crippen LogP contribution in [-0.2, 0) is 0 Å². The molecule has 1 aromatic carbocycles. The Kier molecular flexibility index (Phi) is 4.74. The number of benzene rings is 1. The second-order valence-electron chi connectivity index (χ2n) is 5.28. The summed E-state index contributed by atoms with van der Waals surface area (Å²) in [5.74, 6) is 1.48. The van der Waals surface area contributed by atoms with Gasteiger partial charge < -0.3 is 9.42 Å². The lowest BCUT2D eigenvalue weighted by Crippen LogP contribution is -2.33. The lowest BCUT2D eigenvalue weighted by Gasteiger charge is -2.19. The van der Waals surface area contributed by atoms with E-state index in [2.05, 4.69) is 11.2 Å². The van der Waals surface area contributed by atoms with E-state index in [0.29, 0.717) is 23.2 Å². The van der Waals surface area contributed by atoms with Gasteiger partial charge in [0.1, 0.15) is 5.76 Å². The van der Waals surface area contributed by atoms with E-state index >= 15 is 0 Å². The fourth-order valence-corrected chi connectivity index (χ4v) is 4.19. The number of amides is 1. The van der Waals surface area contributed by atoms with Gasteiger partial charge in [0.2, 0.25) is 0 Å². The van der Waals surface area contributed by atoms with Gasteiger partial charge in [-0.25, -0.2) is 0 Å². The Morgan fingerprint density at radius 1 is 1.41 bits per heavy atom. The van der Waals surface area contributed by atoms with Crippen LogP contribution in [-0.4, -0.2) is 34.8 Å². The quantitative estimate of drug-likeness (QED) is 0.832. The summed E-state index contributed by atoms with van der Waals surface area (Å²) < 4.78 is 4.99. The predicted octanol–water partition coefficient (Wildman–Crippen LogP) is 3.96. The van der Waals surface area contributed by atoms with E-state index in [-0.39, 0.29) is 5.91 Å². The smallest absolute Gasteiger partial charge is 0.276 e. The van der Waals surface area contributed by atoms with Crippen LogP contribution in [0.25, 0.3) is 0 Å². The van der Waals surface area contributed by atoms with Crippen LogP contribution >= 0.6 is 23.4 Å². The average Bonchev–Trinajstić information content (AvgIpc) is 2.81. The van der Waals surface area contributed by atoms with Crippen molar-refractivity contribution in [1.29, 1.82) is 0 Å². The normalized spacial score (nSPS) is 19.0. The van der Waals surface area contributed by atoms with Gasteiger partial charge in [-0.3, -0.25) is 4.79 Å². The third-order valence-corrected chi connectivity index (χ3v) is 5.38. The number of hydrogen-bond donors (Lipinski definition) is 0. The van der Waals surface area contributed by atoms with Crippen molar-refractivity contribution in [2.24, 2.45) is 0 Å². The van der Waals surface area contributed by atoms with Crippen molar-refractivity contribution in [2.45, 2.75) is 18.6 Å². The topological polar surface area (TPSA) is 46.3 Å². The van der Waals surface area contributed by atoms with Crippen molar-refractivity contribution in [3.05, 3.63) is 52.4 Å². The summed E-state index contributed by atoms with van der Waals surface area (Å²) >= 11 is 8.14. The monoisotopic (exact) mass is 336 g/mol. The maximum Gasteiger partial charge on any atom is 0.276 e. The third kappa shape index (κ3) is 3.31. The maximum atomic E-state index is 12.4. The van der Waals surface area contributed by atoms with Crippen LogP contribution in [0.3, 0.4) is 0 Å². The molecule has 1 fully saturated rings.